The summed E-state index contributed by atoms with van der Waals surface area (Å²) in [4.78, 5) is 25.3. The van der Waals surface area contributed by atoms with Crippen LogP contribution in [-0.2, 0) is 6.54 Å². The van der Waals surface area contributed by atoms with Gasteiger partial charge >= 0.3 is 0 Å². The number of halogens is 1. The van der Waals surface area contributed by atoms with Gasteiger partial charge in [-0.15, -0.1) is 0 Å². The van der Waals surface area contributed by atoms with Gasteiger partial charge in [-0.05, 0) is 31.0 Å². The monoisotopic (exact) mass is 328 g/mol. The molecular formula is C17H17ClN4O. The summed E-state index contributed by atoms with van der Waals surface area (Å²) in [5.41, 5.74) is 2.40. The molecule has 1 amide bonds. The molecule has 1 saturated heterocycles. The Morgan fingerprint density at radius 1 is 1.30 bits per heavy atom. The number of carbonyl (C=O) groups excluding carboxylic acids is 1. The van der Waals surface area contributed by atoms with Crippen molar-refractivity contribution in [1.29, 1.82) is 0 Å². The van der Waals surface area contributed by atoms with E-state index in [-0.39, 0.29) is 11.6 Å². The van der Waals surface area contributed by atoms with Crippen LogP contribution in [-0.4, -0.2) is 39.9 Å². The van der Waals surface area contributed by atoms with E-state index in [4.69, 9.17) is 11.6 Å². The molecule has 0 saturated carbocycles. The third kappa shape index (κ3) is 2.60. The molecule has 2 aliphatic heterocycles. The molecule has 0 radical (unpaired) electrons. The first-order chi connectivity index (χ1) is 11.2. The number of hydrogen-bond donors (Lipinski definition) is 0. The van der Waals surface area contributed by atoms with E-state index in [9.17, 15) is 4.79 Å². The second-order valence-corrected chi connectivity index (χ2v) is 6.44. The number of hydrogen-bond acceptors (Lipinski definition) is 4. The zero-order valence-electron chi connectivity index (χ0n) is 12.7. The van der Waals surface area contributed by atoms with Gasteiger partial charge in [0, 0.05) is 31.0 Å². The van der Waals surface area contributed by atoms with E-state index in [1.807, 2.05) is 23.1 Å². The lowest BCUT2D eigenvalue weighted by Crippen LogP contribution is -2.40. The Hall–Kier alpha value is -1.98. The average Bonchev–Trinajstić information content (AvgIpc) is 2.94. The lowest BCUT2D eigenvalue weighted by molar-refractivity contribution is 0.0976. The van der Waals surface area contributed by atoms with Crippen molar-refractivity contribution in [3.63, 3.8) is 0 Å². The van der Waals surface area contributed by atoms with Crippen LogP contribution in [0.5, 0.6) is 0 Å². The molecule has 1 atom stereocenters. The number of benzene rings is 1. The zero-order valence-corrected chi connectivity index (χ0v) is 13.4. The highest BCUT2D eigenvalue weighted by Gasteiger charge is 2.34. The molecule has 1 aromatic heterocycles. The topological polar surface area (TPSA) is 49.3 Å². The van der Waals surface area contributed by atoms with Crippen molar-refractivity contribution >= 4 is 23.2 Å². The molecule has 0 N–H and O–H groups in total. The molecule has 0 unspecified atom stereocenters. The number of nitrogens with zero attached hydrogens (tertiary/aromatic N) is 4. The summed E-state index contributed by atoms with van der Waals surface area (Å²) >= 11 is 6.13. The van der Waals surface area contributed by atoms with Gasteiger partial charge < -0.3 is 4.90 Å². The Morgan fingerprint density at radius 3 is 3.04 bits per heavy atom. The van der Waals surface area contributed by atoms with E-state index < -0.39 is 0 Å². The first kappa shape index (κ1) is 14.6. The molecule has 4 rings (SSSR count). The van der Waals surface area contributed by atoms with Gasteiger partial charge in [0.15, 0.2) is 5.69 Å². The lowest BCUT2D eigenvalue weighted by Gasteiger charge is -2.26. The number of carbonyl (C=O) groups is 1. The molecule has 6 heteroatoms. The third-order valence-corrected chi connectivity index (χ3v) is 4.94. The van der Waals surface area contributed by atoms with Gasteiger partial charge in [-0.3, -0.25) is 9.69 Å². The van der Waals surface area contributed by atoms with E-state index in [1.54, 1.807) is 0 Å². The van der Waals surface area contributed by atoms with Crippen LogP contribution >= 0.6 is 11.6 Å². The van der Waals surface area contributed by atoms with E-state index in [1.165, 1.54) is 24.5 Å². The van der Waals surface area contributed by atoms with E-state index in [0.29, 0.717) is 17.6 Å². The molecule has 1 aromatic carbocycles. The number of para-hydroxylation sites is 1. The number of aromatic nitrogens is 2. The van der Waals surface area contributed by atoms with Crippen molar-refractivity contribution in [1.82, 2.24) is 14.9 Å². The molecule has 3 heterocycles. The van der Waals surface area contributed by atoms with Crippen LogP contribution in [0.3, 0.4) is 0 Å². The summed E-state index contributed by atoms with van der Waals surface area (Å²) in [5, 5.41) is 0.294. The molecule has 0 bridgehead atoms. The molecule has 1 fully saturated rings. The Labute approximate surface area is 139 Å². The first-order valence-corrected chi connectivity index (χ1v) is 8.21. The average molecular weight is 329 g/mol. The number of rotatable bonds is 1. The second kappa shape index (κ2) is 5.91. The maximum atomic E-state index is 13.1. The predicted molar refractivity (Wildman–Crippen MR) is 88.6 cm³/mol. The second-order valence-electron chi connectivity index (χ2n) is 6.03. The molecule has 23 heavy (non-hydrogen) atoms. The summed E-state index contributed by atoms with van der Waals surface area (Å²) in [6.07, 6.45) is 5.14. The van der Waals surface area contributed by atoms with E-state index in [2.05, 4.69) is 20.9 Å². The van der Waals surface area contributed by atoms with Gasteiger partial charge in [0.2, 0.25) is 0 Å². The fourth-order valence-corrected chi connectivity index (χ4v) is 3.72. The third-order valence-electron chi connectivity index (χ3n) is 4.66. The SMILES string of the molecule is O=C(c1ncncc1Cl)N1C[C@H]2CCCN2Cc2ccccc21. The molecule has 118 valence electrons. The van der Waals surface area contributed by atoms with Crippen LogP contribution in [0.25, 0.3) is 0 Å². The van der Waals surface area contributed by atoms with Crippen LogP contribution in [0, 0.1) is 0 Å². The van der Waals surface area contributed by atoms with Crippen LogP contribution in [0.1, 0.15) is 28.9 Å². The van der Waals surface area contributed by atoms with Crippen molar-refractivity contribution < 1.29 is 4.79 Å². The van der Waals surface area contributed by atoms with Crippen molar-refractivity contribution in [2.75, 3.05) is 18.0 Å². The van der Waals surface area contributed by atoms with E-state index in [0.717, 1.165) is 25.2 Å². The summed E-state index contributed by atoms with van der Waals surface area (Å²) in [6.45, 7) is 2.66. The van der Waals surface area contributed by atoms with Gasteiger partial charge in [-0.1, -0.05) is 29.8 Å². The quantitative estimate of drug-likeness (QED) is 0.807. The highest BCUT2D eigenvalue weighted by Crippen LogP contribution is 2.32. The summed E-state index contributed by atoms with van der Waals surface area (Å²) in [5.74, 6) is -0.154. The number of anilines is 1. The minimum atomic E-state index is -0.154. The normalized spacial score (nSPS) is 20.7. The van der Waals surface area contributed by atoms with Crippen LogP contribution in [0.2, 0.25) is 5.02 Å². The highest BCUT2D eigenvalue weighted by molar-refractivity contribution is 6.34. The smallest absolute Gasteiger partial charge is 0.278 e. The van der Waals surface area contributed by atoms with Gasteiger partial charge in [0.05, 0.1) is 5.02 Å². The minimum Gasteiger partial charge on any atom is -0.305 e. The van der Waals surface area contributed by atoms with Crippen LogP contribution in [0.4, 0.5) is 5.69 Å². The Kier molecular flexibility index (Phi) is 3.75. The maximum Gasteiger partial charge on any atom is 0.278 e. The first-order valence-electron chi connectivity index (χ1n) is 7.83. The molecule has 2 aliphatic rings. The Morgan fingerprint density at radius 2 is 2.17 bits per heavy atom. The summed E-state index contributed by atoms with van der Waals surface area (Å²) in [6, 6.07) is 8.49. The molecular weight excluding hydrogens is 312 g/mol. The molecule has 0 aliphatic carbocycles. The lowest BCUT2D eigenvalue weighted by atomic mass is 10.1. The Balaban J connectivity index is 1.77. The fourth-order valence-electron chi connectivity index (χ4n) is 3.54. The van der Waals surface area contributed by atoms with Gasteiger partial charge in [-0.2, -0.15) is 0 Å². The largest absolute Gasteiger partial charge is 0.305 e. The highest BCUT2D eigenvalue weighted by atomic mass is 35.5. The number of amides is 1. The van der Waals surface area contributed by atoms with Crippen LogP contribution in [0.15, 0.2) is 36.8 Å². The van der Waals surface area contributed by atoms with Crippen LogP contribution < -0.4 is 4.90 Å². The van der Waals surface area contributed by atoms with Crippen molar-refractivity contribution in [2.24, 2.45) is 0 Å². The molecule has 5 nitrogen and oxygen atoms in total. The minimum absolute atomic E-state index is 0.154. The number of fused-ring (bicyclic) bond motifs is 2. The molecule has 2 aromatic rings. The zero-order chi connectivity index (χ0) is 15.8. The van der Waals surface area contributed by atoms with Gasteiger partial charge in [-0.25, -0.2) is 9.97 Å². The summed E-state index contributed by atoms with van der Waals surface area (Å²) < 4.78 is 0. The molecule has 0 spiro atoms. The fraction of sp³-hybridized carbons (Fsp3) is 0.353. The Bertz CT molecular complexity index is 751. The van der Waals surface area contributed by atoms with E-state index >= 15 is 0 Å². The van der Waals surface area contributed by atoms with Crippen molar-refractivity contribution in [3.05, 3.63) is 53.1 Å². The van der Waals surface area contributed by atoms with Crippen molar-refractivity contribution in [3.8, 4) is 0 Å². The van der Waals surface area contributed by atoms with Crippen molar-refractivity contribution in [2.45, 2.75) is 25.4 Å². The maximum absolute atomic E-state index is 13.1. The van der Waals surface area contributed by atoms with Gasteiger partial charge in [0.1, 0.15) is 6.33 Å². The predicted octanol–water partition coefficient (Wildman–Crippen LogP) is 2.75. The van der Waals surface area contributed by atoms with Gasteiger partial charge in [0.25, 0.3) is 5.91 Å². The summed E-state index contributed by atoms with van der Waals surface area (Å²) in [7, 11) is 0. The standard InChI is InChI=1S/C17H17ClN4O/c18-14-8-19-11-20-16(14)17(23)22-10-13-5-3-7-21(13)9-12-4-1-2-6-15(12)22/h1-2,4,6,8,11,13H,3,5,7,9-10H2/t13-/m1/s1.